The number of nitrogens with one attached hydrogen (secondary N) is 1. The number of amides is 1. The maximum absolute atomic E-state index is 11.4. The van der Waals surface area contributed by atoms with Crippen molar-refractivity contribution < 1.29 is 14.3 Å². The van der Waals surface area contributed by atoms with E-state index in [1.807, 2.05) is 6.92 Å². The maximum Gasteiger partial charge on any atom is 0.251 e. The highest BCUT2D eigenvalue weighted by Crippen LogP contribution is 2.14. The molecule has 0 saturated carbocycles. The Labute approximate surface area is 102 Å². The number of rotatable bonds is 5. The zero-order valence-electron chi connectivity index (χ0n) is 9.90. The molecule has 1 amide bonds. The Kier molecular flexibility index (Phi) is 5.13. The fourth-order valence-electron chi connectivity index (χ4n) is 1.20. The van der Waals surface area contributed by atoms with E-state index in [0.29, 0.717) is 23.5 Å². The lowest BCUT2D eigenvalue weighted by Crippen LogP contribution is -2.11. The van der Waals surface area contributed by atoms with Gasteiger partial charge in [-0.2, -0.15) is 0 Å². The summed E-state index contributed by atoms with van der Waals surface area (Å²) in [6.07, 6.45) is 2.65. The molecule has 0 heterocycles. The van der Waals surface area contributed by atoms with Gasteiger partial charge >= 0.3 is 0 Å². The molecule has 0 spiro atoms. The van der Waals surface area contributed by atoms with E-state index in [1.54, 1.807) is 18.2 Å². The molecule has 1 N–H and O–H groups in total. The maximum atomic E-state index is 11.4. The Bertz CT molecular complexity index is 418. The monoisotopic (exact) mass is 231 g/mol. The average molecular weight is 231 g/mol. The molecule has 17 heavy (non-hydrogen) atoms. The third-order valence-corrected chi connectivity index (χ3v) is 1.91. The van der Waals surface area contributed by atoms with E-state index < -0.39 is 0 Å². The SMILES string of the molecule is [B]c1cc(NC(=O)/C=C/OCC)cc(OC)c1. The second-order valence-corrected chi connectivity index (χ2v) is 3.24. The first-order valence-corrected chi connectivity index (χ1v) is 5.19. The molecule has 2 radical (unpaired) electrons. The van der Waals surface area contributed by atoms with Crippen LogP contribution in [0.3, 0.4) is 0 Å². The predicted molar refractivity (Wildman–Crippen MR) is 67.8 cm³/mol. The molecule has 1 aromatic carbocycles. The molecule has 0 bridgehead atoms. The van der Waals surface area contributed by atoms with Gasteiger partial charge in [-0.3, -0.25) is 4.79 Å². The molecule has 1 aromatic rings. The summed E-state index contributed by atoms with van der Waals surface area (Å²) in [7, 11) is 7.20. The van der Waals surface area contributed by atoms with Crippen LogP contribution in [0.1, 0.15) is 6.92 Å². The van der Waals surface area contributed by atoms with Crippen LogP contribution in [0.2, 0.25) is 0 Å². The van der Waals surface area contributed by atoms with Crippen molar-refractivity contribution in [2.75, 3.05) is 19.0 Å². The van der Waals surface area contributed by atoms with Crippen LogP contribution in [0.4, 0.5) is 5.69 Å². The minimum absolute atomic E-state index is 0.286. The number of methoxy groups -OCH3 is 1. The predicted octanol–water partition coefficient (Wildman–Crippen LogP) is 0.978. The minimum Gasteiger partial charge on any atom is -0.501 e. The van der Waals surface area contributed by atoms with Crippen LogP contribution in [0.5, 0.6) is 5.75 Å². The lowest BCUT2D eigenvalue weighted by atomic mass is 9.95. The molecule has 0 saturated heterocycles. The second kappa shape index (κ2) is 6.63. The number of anilines is 1. The van der Waals surface area contributed by atoms with Gasteiger partial charge < -0.3 is 14.8 Å². The third-order valence-electron chi connectivity index (χ3n) is 1.91. The zero-order valence-corrected chi connectivity index (χ0v) is 9.90. The number of carbonyl (C=O) groups is 1. The molecule has 5 heteroatoms. The average Bonchev–Trinajstić information content (AvgIpc) is 2.28. The molecule has 88 valence electrons. The second-order valence-electron chi connectivity index (χ2n) is 3.24. The molecule has 0 unspecified atom stereocenters. The summed E-state index contributed by atoms with van der Waals surface area (Å²) in [5, 5.41) is 2.65. The molecule has 0 aliphatic rings. The highest BCUT2D eigenvalue weighted by molar-refractivity contribution is 6.32. The van der Waals surface area contributed by atoms with Crippen molar-refractivity contribution in [3.63, 3.8) is 0 Å². The van der Waals surface area contributed by atoms with Gasteiger partial charge in [0.15, 0.2) is 0 Å². The van der Waals surface area contributed by atoms with Gasteiger partial charge in [-0.05, 0) is 19.1 Å². The van der Waals surface area contributed by atoms with Gasteiger partial charge in [0.25, 0.3) is 5.91 Å². The van der Waals surface area contributed by atoms with E-state index >= 15 is 0 Å². The van der Waals surface area contributed by atoms with Gasteiger partial charge in [0.1, 0.15) is 13.6 Å². The van der Waals surface area contributed by atoms with Crippen LogP contribution in [0.25, 0.3) is 0 Å². The number of hydrogen-bond donors (Lipinski definition) is 1. The topological polar surface area (TPSA) is 47.6 Å². The van der Waals surface area contributed by atoms with Crippen LogP contribution in [-0.2, 0) is 9.53 Å². The van der Waals surface area contributed by atoms with Crippen LogP contribution in [0.15, 0.2) is 30.5 Å². The van der Waals surface area contributed by atoms with Crippen molar-refractivity contribution in [3.05, 3.63) is 30.5 Å². The van der Waals surface area contributed by atoms with Gasteiger partial charge in [0.05, 0.1) is 20.0 Å². The molecular weight excluding hydrogens is 217 g/mol. The van der Waals surface area contributed by atoms with Gasteiger partial charge in [0, 0.05) is 17.8 Å². The standard InChI is InChI=1S/C12H14BNO3/c1-3-17-5-4-12(15)14-10-6-9(13)7-11(8-10)16-2/h4-8H,3H2,1-2H3,(H,14,15)/b5-4+. The summed E-state index contributed by atoms with van der Waals surface area (Å²) < 4.78 is 9.96. The van der Waals surface area contributed by atoms with Crippen LogP contribution in [0, 0.1) is 0 Å². The fourth-order valence-corrected chi connectivity index (χ4v) is 1.20. The summed E-state index contributed by atoms with van der Waals surface area (Å²) in [6, 6.07) is 5.00. The molecule has 0 atom stereocenters. The Morgan fingerprint density at radius 1 is 1.47 bits per heavy atom. The quantitative estimate of drug-likeness (QED) is 0.466. The Hall–Kier alpha value is -1.91. The fraction of sp³-hybridized carbons (Fsp3) is 0.250. The molecule has 0 fully saturated rings. The van der Waals surface area contributed by atoms with Crippen LogP contribution < -0.4 is 15.5 Å². The van der Waals surface area contributed by atoms with Crippen molar-refractivity contribution in [2.45, 2.75) is 6.92 Å². The Morgan fingerprint density at radius 3 is 2.88 bits per heavy atom. The number of carbonyl (C=O) groups excluding carboxylic acids is 1. The minimum atomic E-state index is -0.286. The number of benzene rings is 1. The molecule has 1 rings (SSSR count). The van der Waals surface area contributed by atoms with E-state index in [4.69, 9.17) is 17.3 Å². The van der Waals surface area contributed by atoms with E-state index in [0.717, 1.165) is 0 Å². The zero-order chi connectivity index (χ0) is 12.7. The molecular formula is C12H14BNO3. The van der Waals surface area contributed by atoms with Gasteiger partial charge in [-0.25, -0.2) is 0 Å². The summed E-state index contributed by atoms with van der Waals surface area (Å²) in [6.45, 7) is 2.36. The normalized spacial score (nSPS) is 10.2. The van der Waals surface area contributed by atoms with E-state index in [-0.39, 0.29) is 5.91 Å². The Balaban J connectivity index is 2.67. The number of hydrogen-bond acceptors (Lipinski definition) is 3. The largest absolute Gasteiger partial charge is 0.501 e. The smallest absolute Gasteiger partial charge is 0.251 e. The van der Waals surface area contributed by atoms with E-state index in [9.17, 15) is 4.79 Å². The molecule has 4 nitrogen and oxygen atoms in total. The summed E-state index contributed by atoms with van der Waals surface area (Å²) in [5.41, 5.74) is 1.10. The third kappa shape index (κ3) is 4.63. The van der Waals surface area contributed by atoms with Gasteiger partial charge in [-0.1, -0.05) is 5.46 Å². The molecule has 0 aliphatic heterocycles. The number of ether oxygens (including phenoxy) is 2. The van der Waals surface area contributed by atoms with Crippen LogP contribution in [-0.4, -0.2) is 27.5 Å². The van der Waals surface area contributed by atoms with Crippen molar-refractivity contribution in [1.29, 1.82) is 0 Å². The first-order chi connectivity index (χ1) is 8.15. The lowest BCUT2D eigenvalue weighted by molar-refractivity contribution is -0.112. The highest BCUT2D eigenvalue weighted by atomic mass is 16.5. The van der Waals surface area contributed by atoms with E-state index in [2.05, 4.69) is 5.32 Å². The van der Waals surface area contributed by atoms with Crippen LogP contribution >= 0.6 is 0 Å². The van der Waals surface area contributed by atoms with Gasteiger partial charge in [-0.15, -0.1) is 0 Å². The van der Waals surface area contributed by atoms with Crippen molar-refractivity contribution in [1.82, 2.24) is 0 Å². The van der Waals surface area contributed by atoms with Crippen molar-refractivity contribution in [3.8, 4) is 5.75 Å². The highest BCUT2D eigenvalue weighted by Gasteiger charge is 2.01. The van der Waals surface area contributed by atoms with Crippen molar-refractivity contribution >= 4 is 24.9 Å². The summed E-state index contributed by atoms with van der Waals surface area (Å²) >= 11 is 0. The lowest BCUT2D eigenvalue weighted by Gasteiger charge is -2.07. The summed E-state index contributed by atoms with van der Waals surface area (Å²) in [4.78, 5) is 11.4. The Morgan fingerprint density at radius 2 is 2.24 bits per heavy atom. The first kappa shape index (κ1) is 13.2. The van der Waals surface area contributed by atoms with Crippen molar-refractivity contribution in [2.24, 2.45) is 0 Å². The molecule has 0 aliphatic carbocycles. The molecule has 0 aromatic heterocycles. The van der Waals surface area contributed by atoms with E-state index in [1.165, 1.54) is 19.4 Å². The summed E-state index contributed by atoms with van der Waals surface area (Å²) in [5.74, 6) is 0.306. The van der Waals surface area contributed by atoms with Gasteiger partial charge in [0.2, 0.25) is 0 Å². The first-order valence-electron chi connectivity index (χ1n) is 5.19.